The van der Waals surface area contributed by atoms with Crippen molar-refractivity contribution in [2.24, 2.45) is 11.8 Å². The van der Waals surface area contributed by atoms with Crippen LogP contribution in [0.15, 0.2) is 17.5 Å². The average molecular weight is 308 g/mol. The molecule has 0 unspecified atom stereocenters. The fourth-order valence-electron chi connectivity index (χ4n) is 3.07. The van der Waals surface area contributed by atoms with Crippen molar-refractivity contribution in [1.82, 2.24) is 10.2 Å². The Morgan fingerprint density at radius 3 is 3.14 bits per heavy atom. The molecule has 2 rings (SSSR count). The lowest BCUT2D eigenvalue weighted by Gasteiger charge is -2.32. The predicted octanol–water partition coefficient (Wildman–Crippen LogP) is 3.51. The summed E-state index contributed by atoms with van der Waals surface area (Å²) in [6.07, 6.45) is 4.55. The fraction of sp³-hybridized carbons (Fsp3) is 0.706. The Hall–Kier alpha value is -0.870. The topological polar surface area (TPSA) is 32.3 Å². The lowest BCUT2D eigenvalue weighted by Crippen LogP contribution is -2.41. The number of rotatable bonds is 7. The van der Waals surface area contributed by atoms with E-state index in [0.717, 1.165) is 32.5 Å². The summed E-state index contributed by atoms with van der Waals surface area (Å²) in [5.74, 6) is 0.990. The minimum Gasteiger partial charge on any atom is -0.356 e. The van der Waals surface area contributed by atoms with Gasteiger partial charge in [0.15, 0.2) is 0 Å². The monoisotopic (exact) mass is 308 g/mol. The third-order valence-corrected chi connectivity index (χ3v) is 5.16. The van der Waals surface area contributed by atoms with Crippen molar-refractivity contribution in [3.8, 4) is 0 Å². The highest BCUT2D eigenvalue weighted by Crippen LogP contribution is 2.20. The van der Waals surface area contributed by atoms with Crippen LogP contribution in [0.1, 0.15) is 44.4 Å². The highest BCUT2D eigenvalue weighted by Gasteiger charge is 2.21. The minimum absolute atomic E-state index is 0.154. The summed E-state index contributed by atoms with van der Waals surface area (Å²) in [4.78, 5) is 16.0. The Morgan fingerprint density at radius 1 is 1.57 bits per heavy atom. The maximum absolute atomic E-state index is 12.0. The fourth-order valence-corrected chi connectivity index (χ4v) is 3.81. The van der Waals surface area contributed by atoms with Gasteiger partial charge in [0.25, 0.3) is 0 Å². The Morgan fingerprint density at radius 2 is 2.43 bits per heavy atom. The second kappa shape index (κ2) is 8.54. The molecule has 1 saturated heterocycles. The Bertz CT molecular complexity index is 418. The summed E-state index contributed by atoms with van der Waals surface area (Å²) >= 11 is 1.83. The lowest BCUT2D eigenvalue weighted by atomic mass is 9.97. The van der Waals surface area contributed by atoms with Crippen molar-refractivity contribution in [3.05, 3.63) is 22.4 Å². The number of amides is 1. The van der Waals surface area contributed by atoms with E-state index in [2.05, 4.69) is 34.7 Å². The zero-order valence-electron chi connectivity index (χ0n) is 13.3. The van der Waals surface area contributed by atoms with Gasteiger partial charge in [-0.15, -0.1) is 11.3 Å². The molecule has 0 spiro atoms. The van der Waals surface area contributed by atoms with Crippen LogP contribution in [-0.2, 0) is 11.3 Å². The van der Waals surface area contributed by atoms with Crippen molar-refractivity contribution in [2.45, 2.75) is 46.1 Å². The molecule has 1 fully saturated rings. The van der Waals surface area contributed by atoms with E-state index in [0.29, 0.717) is 5.92 Å². The van der Waals surface area contributed by atoms with E-state index >= 15 is 0 Å². The van der Waals surface area contributed by atoms with Gasteiger partial charge in [0, 0.05) is 30.4 Å². The maximum Gasteiger partial charge on any atom is 0.222 e. The third kappa shape index (κ3) is 5.44. The Balaban J connectivity index is 1.72. The van der Waals surface area contributed by atoms with Gasteiger partial charge in [0.1, 0.15) is 0 Å². The number of piperidine rings is 1. The molecular formula is C17H28N2OS. The second-order valence-electron chi connectivity index (χ2n) is 6.26. The molecule has 0 saturated carbocycles. The maximum atomic E-state index is 12.0. The van der Waals surface area contributed by atoms with Crippen molar-refractivity contribution in [1.29, 1.82) is 0 Å². The molecule has 1 amide bonds. The molecule has 3 nitrogen and oxygen atoms in total. The normalized spacial score (nSPS) is 21.1. The summed E-state index contributed by atoms with van der Waals surface area (Å²) in [5, 5.41) is 5.30. The highest BCUT2D eigenvalue weighted by molar-refractivity contribution is 7.09. The predicted molar refractivity (Wildman–Crippen MR) is 89.4 cm³/mol. The molecule has 0 bridgehead atoms. The zero-order valence-corrected chi connectivity index (χ0v) is 14.1. The lowest BCUT2D eigenvalue weighted by molar-refractivity contribution is -0.125. The van der Waals surface area contributed by atoms with Gasteiger partial charge < -0.3 is 5.32 Å². The molecule has 0 aromatic carbocycles. The van der Waals surface area contributed by atoms with Gasteiger partial charge in [0.05, 0.1) is 0 Å². The molecule has 1 aromatic rings. The van der Waals surface area contributed by atoms with Crippen molar-refractivity contribution in [2.75, 3.05) is 19.6 Å². The van der Waals surface area contributed by atoms with Crippen LogP contribution in [0.3, 0.4) is 0 Å². The van der Waals surface area contributed by atoms with E-state index < -0.39 is 0 Å². The molecule has 4 heteroatoms. The van der Waals surface area contributed by atoms with Crippen LogP contribution in [0.2, 0.25) is 0 Å². The number of hydrogen-bond acceptors (Lipinski definition) is 3. The average Bonchev–Trinajstić information content (AvgIpc) is 2.98. The van der Waals surface area contributed by atoms with Crippen molar-refractivity contribution < 1.29 is 4.79 Å². The van der Waals surface area contributed by atoms with E-state index in [1.54, 1.807) is 0 Å². The minimum atomic E-state index is 0.154. The number of likely N-dealkylation sites (tertiary alicyclic amines) is 1. The number of hydrogen-bond donors (Lipinski definition) is 1. The number of carbonyl (C=O) groups excluding carboxylic acids is 1. The Kier molecular flexibility index (Phi) is 6.71. The van der Waals surface area contributed by atoms with Gasteiger partial charge in [-0.05, 0) is 43.2 Å². The van der Waals surface area contributed by atoms with E-state index in [1.807, 2.05) is 18.3 Å². The zero-order chi connectivity index (χ0) is 15.1. The molecule has 1 N–H and O–H groups in total. The summed E-state index contributed by atoms with van der Waals surface area (Å²) in [7, 11) is 0. The van der Waals surface area contributed by atoms with E-state index in [-0.39, 0.29) is 11.8 Å². The first-order valence-corrected chi connectivity index (χ1v) is 9.09. The first-order chi connectivity index (χ1) is 10.2. The van der Waals surface area contributed by atoms with E-state index in [9.17, 15) is 4.79 Å². The quantitative estimate of drug-likeness (QED) is 0.836. The van der Waals surface area contributed by atoms with Crippen LogP contribution >= 0.6 is 11.3 Å². The van der Waals surface area contributed by atoms with Crippen LogP contribution in [0, 0.1) is 11.8 Å². The van der Waals surface area contributed by atoms with Crippen LogP contribution in [-0.4, -0.2) is 30.4 Å². The number of nitrogens with zero attached hydrogens (tertiary/aromatic N) is 1. The van der Waals surface area contributed by atoms with Crippen LogP contribution in [0.25, 0.3) is 0 Å². The highest BCUT2D eigenvalue weighted by atomic mass is 32.1. The summed E-state index contributed by atoms with van der Waals surface area (Å²) in [6, 6.07) is 4.33. The second-order valence-corrected chi connectivity index (χ2v) is 7.29. The summed E-state index contributed by atoms with van der Waals surface area (Å²) in [6.45, 7) is 8.37. The van der Waals surface area contributed by atoms with Crippen LogP contribution < -0.4 is 5.32 Å². The summed E-state index contributed by atoms with van der Waals surface area (Å²) < 4.78 is 0. The number of nitrogens with one attached hydrogen (secondary N) is 1. The van der Waals surface area contributed by atoms with Gasteiger partial charge in [-0.3, -0.25) is 9.69 Å². The molecule has 118 valence electrons. The standard InChI is InChI=1S/C17H28N2OS/c1-3-6-14(2)17(20)18-11-15-7-4-9-19(12-15)13-16-8-5-10-21-16/h5,8,10,14-15H,3-4,6-7,9,11-13H2,1-2H3,(H,18,20)/t14-,15+/m1/s1. The molecule has 1 aromatic heterocycles. The molecule has 1 aliphatic heterocycles. The van der Waals surface area contributed by atoms with E-state index in [1.165, 1.54) is 24.3 Å². The smallest absolute Gasteiger partial charge is 0.222 e. The third-order valence-electron chi connectivity index (χ3n) is 4.30. The molecule has 0 radical (unpaired) electrons. The molecular weight excluding hydrogens is 280 g/mol. The largest absolute Gasteiger partial charge is 0.356 e. The van der Waals surface area contributed by atoms with Crippen LogP contribution in [0.5, 0.6) is 0 Å². The van der Waals surface area contributed by atoms with Gasteiger partial charge in [-0.2, -0.15) is 0 Å². The number of carbonyl (C=O) groups is 1. The van der Waals surface area contributed by atoms with Gasteiger partial charge >= 0.3 is 0 Å². The first kappa shape index (κ1) is 16.5. The van der Waals surface area contributed by atoms with E-state index in [4.69, 9.17) is 0 Å². The number of thiophene rings is 1. The van der Waals surface area contributed by atoms with Crippen molar-refractivity contribution >= 4 is 17.2 Å². The summed E-state index contributed by atoms with van der Waals surface area (Å²) in [5.41, 5.74) is 0. The molecule has 21 heavy (non-hydrogen) atoms. The molecule has 0 aliphatic carbocycles. The molecule has 2 heterocycles. The van der Waals surface area contributed by atoms with Crippen LogP contribution in [0.4, 0.5) is 0 Å². The van der Waals surface area contributed by atoms with Gasteiger partial charge in [0.2, 0.25) is 5.91 Å². The molecule has 2 atom stereocenters. The van der Waals surface area contributed by atoms with Gasteiger partial charge in [-0.25, -0.2) is 0 Å². The van der Waals surface area contributed by atoms with Crippen molar-refractivity contribution in [3.63, 3.8) is 0 Å². The first-order valence-electron chi connectivity index (χ1n) is 8.21. The van der Waals surface area contributed by atoms with Gasteiger partial charge in [-0.1, -0.05) is 26.3 Å². The molecule has 1 aliphatic rings. The SMILES string of the molecule is CCC[C@@H](C)C(=O)NC[C@@H]1CCCN(Cc2cccs2)C1. The Labute approximate surface area is 132 Å².